The van der Waals surface area contributed by atoms with Gasteiger partial charge in [0.2, 0.25) is 0 Å². The van der Waals surface area contributed by atoms with E-state index >= 15 is 0 Å². The molecule has 3 nitrogen and oxygen atoms in total. The Hall–Kier alpha value is -0.730. The SMILES string of the molecule is CC(C)CCCN=C(N)NC(C)C. The van der Waals surface area contributed by atoms with E-state index in [0.29, 0.717) is 12.0 Å². The number of nitrogens with two attached hydrogens (primary N) is 1. The first-order chi connectivity index (χ1) is 6.02. The average Bonchev–Trinajstić information content (AvgIpc) is 1.96. The minimum atomic E-state index is 0.369. The maximum Gasteiger partial charge on any atom is 0.188 e. The number of aliphatic imine (C=N–C) groups is 1. The van der Waals surface area contributed by atoms with Crippen LogP contribution >= 0.6 is 0 Å². The number of rotatable bonds is 5. The molecular weight excluding hydrogens is 162 g/mol. The predicted octanol–water partition coefficient (Wildman–Crippen LogP) is 1.74. The normalized spacial score (nSPS) is 12.6. The summed E-state index contributed by atoms with van der Waals surface area (Å²) in [5, 5.41) is 3.06. The Labute approximate surface area is 81.8 Å². The maximum atomic E-state index is 5.63. The Kier molecular flexibility index (Phi) is 6.37. The first-order valence-corrected chi connectivity index (χ1v) is 5.08. The molecule has 3 N–H and O–H groups in total. The average molecular weight is 185 g/mol. The molecule has 0 saturated carbocycles. The third kappa shape index (κ3) is 9.18. The van der Waals surface area contributed by atoms with E-state index in [1.807, 2.05) is 0 Å². The highest BCUT2D eigenvalue weighted by atomic mass is 15.1. The lowest BCUT2D eigenvalue weighted by Crippen LogP contribution is -2.36. The molecule has 0 aromatic carbocycles. The van der Waals surface area contributed by atoms with Crippen LogP contribution in [0.15, 0.2) is 4.99 Å². The van der Waals surface area contributed by atoms with Crippen molar-refractivity contribution in [2.24, 2.45) is 16.6 Å². The largest absolute Gasteiger partial charge is 0.370 e. The lowest BCUT2D eigenvalue weighted by atomic mass is 10.1. The maximum absolute atomic E-state index is 5.63. The van der Waals surface area contributed by atoms with Gasteiger partial charge in [0.25, 0.3) is 0 Å². The highest BCUT2D eigenvalue weighted by Crippen LogP contribution is 2.02. The standard InChI is InChI=1S/C10H23N3/c1-8(2)6-5-7-12-10(11)13-9(3)4/h8-9H,5-7H2,1-4H3,(H3,11,12,13). The first kappa shape index (κ1) is 12.3. The lowest BCUT2D eigenvalue weighted by molar-refractivity contribution is 0.560. The molecule has 0 aromatic rings. The molecule has 0 spiro atoms. The van der Waals surface area contributed by atoms with Gasteiger partial charge in [-0.25, -0.2) is 0 Å². The van der Waals surface area contributed by atoms with Gasteiger partial charge in [0, 0.05) is 12.6 Å². The molecule has 0 bridgehead atoms. The van der Waals surface area contributed by atoms with Crippen molar-refractivity contribution in [2.45, 2.75) is 46.6 Å². The van der Waals surface area contributed by atoms with Crippen LogP contribution in [0.1, 0.15) is 40.5 Å². The molecule has 0 aliphatic heterocycles. The van der Waals surface area contributed by atoms with Gasteiger partial charge in [-0.2, -0.15) is 0 Å². The molecule has 0 saturated heterocycles. The predicted molar refractivity (Wildman–Crippen MR) is 58.8 cm³/mol. The zero-order valence-electron chi connectivity index (χ0n) is 9.30. The van der Waals surface area contributed by atoms with Crippen LogP contribution in [0, 0.1) is 5.92 Å². The van der Waals surface area contributed by atoms with Gasteiger partial charge in [0.15, 0.2) is 5.96 Å². The second-order valence-electron chi connectivity index (χ2n) is 4.10. The Balaban J connectivity index is 3.47. The van der Waals surface area contributed by atoms with Gasteiger partial charge in [-0.3, -0.25) is 4.99 Å². The number of hydrogen-bond acceptors (Lipinski definition) is 1. The van der Waals surface area contributed by atoms with E-state index in [1.165, 1.54) is 6.42 Å². The topological polar surface area (TPSA) is 50.4 Å². The van der Waals surface area contributed by atoms with Crippen molar-refractivity contribution in [1.29, 1.82) is 0 Å². The van der Waals surface area contributed by atoms with Crippen LogP contribution in [0.3, 0.4) is 0 Å². The molecule has 0 atom stereocenters. The highest BCUT2D eigenvalue weighted by Gasteiger charge is 1.95. The van der Waals surface area contributed by atoms with Crippen LogP contribution in [0.4, 0.5) is 0 Å². The van der Waals surface area contributed by atoms with Crippen LogP contribution in [-0.4, -0.2) is 18.5 Å². The van der Waals surface area contributed by atoms with Crippen molar-refractivity contribution in [3.05, 3.63) is 0 Å². The quantitative estimate of drug-likeness (QED) is 0.389. The van der Waals surface area contributed by atoms with E-state index in [9.17, 15) is 0 Å². The van der Waals surface area contributed by atoms with Crippen LogP contribution in [0.2, 0.25) is 0 Å². The molecule has 0 aliphatic carbocycles. The first-order valence-electron chi connectivity index (χ1n) is 5.08. The smallest absolute Gasteiger partial charge is 0.188 e. The third-order valence-electron chi connectivity index (χ3n) is 1.66. The van der Waals surface area contributed by atoms with E-state index in [0.717, 1.165) is 18.9 Å². The van der Waals surface area contributed by atoms with Crippen LogP contribution in [0.25, 0.3) is 0 Å². The summed E-state index contributed by atoms with van der Waals surface area (Å²) < 4.78 is 0. The van der Waals surface area contributed by atoms with Crippen molar-refractivity contribution < 1.29 is 0 Å². The Morgan fingerprint density at radius 3 is 2.38 bits per heavy atom. The molecule has 0 radical (unpaired) electrons. The highest BCUT2D eigenvalue weighted by molar-refractivity contribution is 5.77. The molecule has 78 valence electrons. The van der Waals surface area contributed by atoms with Crippen molar-refractivity contribution in [1.82, 2.24) is 5.32 Å². The summed E-state index contributed by atoms with van der Waals surface area (Å²) in [7, 11) is 0. The minimum absolute atomic E-state index is 0.369. The molecule has 13 heavy (non-hydrogen) atoms. The van der Waals surface area contributed by atoms with E-state index in [-0.39, 0.29) is 0 Å². The summed E-state index contributed by atoms with van der Waals surface area (Å²) in [6, 6.07) is 0.369. The number of nitrogens with one attached hydrogen (secondary N) is 1. The van der Waals surface area contributed by atoms with Crippen molar-refractivity contribution >= 4 is 5.96 Å². The second kappa shape index (κ2) is 6.75. The molecule has 0 aromatic heterocycles. The van der Waals surface area contributed by atoms with Gasteiger partial charge < -0.3 is 11.1 Å². The minimum Gasteiger partial charge on any atom is -0.370 e. The van der Waals surface area contributed by atoms with Crippen molar-refractivity contribution in [3.63, 3.8) is 0 Å². The summed E-state index contributed by atoms with van der Waals surface area (Å²) in [5.74, 6) is 1.33. The van der Waals surface area contributed by atoms with E-state index in [1.54, 1.807) is 0 Å². The third-order valence-corrected chi connectivity index (χ3v) is 1.66. The Morgan fingerprint density at radius 2 is 1.92 bits per heavy atom. The molecule has 0 rings (SSSR count). The zero-order chi connectivity index (χ0) is 10.3. The van der Waals surface area contributed by atoms with Crippen molar-refractivity contribution in [2.75, 3.05) is 6.54 Å². The Morgan fingerprint density at radius 1 is 1.31 bits per heavy atom. The summed E-state index contributed by atoms with van der Waals surface area (Å²) in [4.78, 5) is 4.22. The van der Waals surface area contributed by atoms with Gasteiger partial charge in [0.05, 0.1) is 0 Å². The van der Waals surface area contributed by atoms with E-state index in [4.69, 9.17) is 5.73 Å². The van der Waals surface area contributed by atoms with Crippen LogP contribution in [0.5, 0.6) is 0 Å². The van der Waals surface area contributed by atoms with Gasteiger partial charge >= 0.3 is 0 Å². The Bertz CT molecular complexity index is 150. The van der Waals surface area contributed by atoms with Gasteiger partial charge in [-0.1, -0.05) is 13.8 Å². The van der Waals surface area contributed by atoms with Crippen molar-refractivity contribution in [3.8, 4) is 0 Å². The van der Waals surface area contributed by atoms with E-state index in [2.05, 4.69) is 38.0 Å². The molecular formula is C10H23N3. The molecule has 0 fully saturated rings. The molecule has 0 aliphatic rings. The molecule has 0 amide bonds. The number of hydrogen-bond donors (Lipinski definition) is 2. The number of nitrogens with zero attached hydrogens (tertiary/aromatic N) is 1. The molecule has 0 heterocycles. The fourth-order valence-electron chi connectivity index (χ4n) is 1.04. The fourth-order valence-corrected chi connectivity index (χ4v) is 1.04. The molecule has 0 unspecified atom stereocenters. The second-order valence-corrected chi connectivity index (χ2v) is 4.10. The fraction of sp³-hybridized carbons (Fsp3) is 0.900. The monoisotopic (exact) mass is 185 g/mol. The van der Waals surface area contributed by atoms with Crippen LogP contribution in [-0.2, 0) is 0 Å². The zero-order valence-corrected chi connectivity index (χ0v) is 9.30. The summed E-state index contributed by atoms with van der Waals surface area (Å²) in [6.07, 6.45) is 2.34. The van der Waals surface area contributed by atoms with Gasteiger partial charge in [-0.05, 0) is 32.6 Å². The summed E-state index contributed by atoms with van der Waals surface area (Å²) in [5.41, 5.74) is 5.63. The van der Waals surface area contributed by atoms with E-state index < -0.39 is 0 Å². The van der Waals surface area contributed by atoms with Crippen LogP contribution < -0.4 is 11.1 Å². The summed E-state index contributed by atoms with van der Waals surface area (Å²) in [6.45, 7) is 9.38. The summed E-state index contributed by atoms with van der Waals surface area (Å²) >= 11 is 0. The number of guanidine groups is 1. The molecule has 3 heteroatoms. The van der Waals surface area contributed by atoms with Gasteiger partial charge in [0.1, 0.15) is 0 Å². The van der Waals surface area contributed by atoms with Gasteiger partial charge in [-0.15, -0.1) is 0 Å². The lowest BCUT2D eigenvalue weighted by Gasteiger charge is -2.08.